The maximum Gasteiger partial charge on any atom is 0.246 e. The van der Waals surface area contributed by atoms with Crippen molar-refractivity contribution in [1.29, 1.82) is 0 Å². The Kier molecular flexibility index (Phi) is 8.66. The lowest BCUT2D eigenvalue weighted by atomic mass is 9.86. The minimum absolute atomic E-state index is 0.00665. The number of amides is 2. The van der Waals surface area contributed by atoms with Gasteiger partial charge >= 0.3 is 0 Å². The maximum atomic E-state index is 14.2. The van der Waals surface area contributed by atoms with E-state index in [1.54, 1.807) is 17.0 Å². The molecule has 2 heterocycles. The lowest BCUT2D eigenvalue weighted by Crippen LogP contribution is -2.66. The van der Waals surface area contributed by atoms with E-state index in [0.29, 0.717) is 23.3 Å². The third-order valence-electron chi connectivity index (χ3n) is 9.54. The first-order valence-corrected chi connectivity index (χ1v) is 16.5. The third-order valence-corrected chi connectivity index (χ3v) is 11.9. The average molecular weight is 566 g/mol. The van der Waals surface area contributed by atoms with Gasteiger partial charge in [0.1, 0.15) is 12.1 Å². The van der Waals surface area contributed by atoms with Crippen LogP contribution in [-0.2, 0) is 38.8 Å². The Morgan fingerprint density at radius 3 is 2.10 bits per heavy atom. The zero-order chi connectivity index (χ0) is 28.4. The molecule has 8 heteroatoms. The van der Waals surface area contributed by atoms with Gasteiger partial charge in [-0.1, -0.05) is 76.1 Å². The highest BCUT2D eigenvalue weighted by Crippen LogP contribution is 2.34. The minimum Gasteiger partial charge on any atom is -0.342 e. The first kappa shape index (κ1) is 28.8. The lowest BCUT2D eigenvalue weighted by Gasteiger charge is -2.44. The number of fused-ring (bicyclic) bond motifs is 1. The van der Waals surface area contributed by atoms with Gasteiger partial charge in [-0.25, -0.2) is 8.42 Å². The number of rotatable bonds is 9. The summed E-state index contributed by atoms with van der Waals surface area (Å²) in [5.74, 6) is -0.242. The number of carbonyl (C=O) groups excluding carboxylic acids is 2. The van der Waals surface area contributed by atoms with Crippen LogP contribution < -0.4 is 5.32 Å². The highest BCUT2D eigenvalue weighted by molar-refractivity contribution is 7.92. The number of likely N-dealkylation sites (tertiary alicyclic amines) is 1. The molecule has 0 aromatic heterocycles. The molecule has 2 atom stereocenters. The lowest BCUT2D eigenvalue weighted by molar-refractivity contribution is -0.154. The Labute approximate surface area is 239 Å². The molecule has 2 aromatic rings. The van der Waals surface area contributed by atoms with E-state index in [2.05, 4.69) is 29.3 Å². The van der Waals surface area contributed by atoms with Gasteiger partial charge < -0.3 is 15.1 Å². The molecular weight excluding hydrogens is 522 g/mol. The van der Waals surface area contributed by atoms with Crippen LogP contribution in [0.2, 0.25) is 0 Å². The number of piperidine rings is 1. The number of nitrogens with one attached hydrogen (secondary N) is 1. The quantitative estimate of drug-likeness (QED) is 0.497. The molecule has 2 amide bonds. The summed E-state index contributed by atoms with van der Waals surface area (Å²) in [7, 11) is -3.59. The summed E-state index contributed by atoms with van der Waals surface area (Å²) in [6.45, 7) is 8.78. The van der Waals surface area contributed by atoms with Crippen LogP contribution in [0.4, 0.5) is 0 Å². The second kappa shape index (κ2) is 12.0. The number of hydrogen-bond acceptors (Lipinski definition) is 5. The van der Waals surface area contributed by atoms with Gasteiger partial charge in [-0.3, -0.25) is 9.59 Å². The predicted octanol–water partition coefficient (Wildman–Crippen LogP) is 3.99. The first-order chi connectivity index (χ1) is 19.3. The van der Waals surface area contributed by atoms with Crippen LogP contribution in [0.5, 0.6) is 0 Å². The molecule has 7 nitrogen and oxygen atoms in total. The smallest absolute Gasteiger partial charge is 0.246 e. The Balaban J connectivity index is 1.45. The molecule has 2 aromatic carbocycles. The van der Waals surface area contributed by atoms with Crippen molar-refractivity contribution in [2.75, 3.05) is 19.6 Å². The summed E-state index contributed by atoms with van der Waals surface area (Å²) in [6, 6.07) is 14.1. The summed E-state index contributed by atoms with van der Waals surface area (Å²) in [5, 5.41) is 2.68. The SMILES string of the molecule is CCC(CC)[C@@H]1C(=O)N[C@H](C2Cc3ccccc3C2)C(=O)N1Cc1ccccc1S(=O)(=O)C1CCN(CC)CC1. The van der Waals surface area contributed by atoms with Gasteiger partial charge in [0.25, 0.3) is 0 Å². The summed E-state index contributed by atoms with van der Waals surface area (Å²) in [6.07, 6.45) is 4.23. The summed E-state index contributed by atoms with van der Waals surface area (Å²) in [4.78, 5) is 32.2. The normalized spacial score (nSPS) is 23.1. The number of hydrogen-bond donors (Lipinski definition) is 1. The molecule has 3 aliphatic rings. The van der Waals surface area contributed by atoms with Crippen LogP contribution in [-0.4, -0.2) is 67.0 Å². The largest absolute Gasteiger partial charge is 0.342 e. The number of carbonyl (C=O) groups is 2. The Morgan fingerprint density at radius 2 is 1.50 bits per heavy atom. The van der Waals surface area contributed by atoms with E-state index in [0.717, 1.165) is 45.3 Å². The Morgan fingerprint density at radius 1 is 0.900 bits per heavy atom. The molecule has 0 spiro atoms. The molecule has 2 saturated heterocycles. The zero-order valence-corrected chi connectivity index (χ0v) is 24.8. The Hall–Kier alpha value is -2.71. The van der Waals surface area contributed by atoms with Crippen LogP contribution in [0.15, 0.2) is 53.4 Å². The first-order valence-electron chi connectivity index (χ1n) is 15.0. The van der Waals surface area contributed by atoms with E-state index < -0.39 is 27.2 Å². The van der Waals surface area contributed by atoms with E-state index in [4.69, 9.17) is 0 Å². The van der Waals surface area contributed by atoms with Gasteiger partial charge in [0.05, 0.1) is 10.1 Å². The molecule has 1 N–H and O–H groups in total. The fraction of sp³-hybridized carbons (Fsp3) is 0.562. The van der Waals surface area contributed by atoms with Crippen LogP contribution in [0.3, 0.4) is 0 Å². The van der Waals surface area contributed by atoms with Gasteiger partial charge in [0, 0.05) is 6.54 Å². The minimum atomic E-state index is -3.59. The van der Waals surface area contributed by atoms with Crippen molar-refractivity contribution in [3.05, 3.63) is 65.2 Å². The fourth-order valence-electron chi connectivity index (χ4n) is 7.10. The molecule has 0 bridgehead atoms. The molecule has 0 saturated carbocycles. The molecule has 1 aliphatic carbocycles. The van der Waals surface area contributed by atoms with Crippen LogP contribution in [0, 0.1) is 11.8 Å². The molecular formula is C32H43N3O4S. The third kappa shape index (κ3) is 5.45. The van der Waals surface area contributed by atoms with E-state index in [-0.39, 0.29) is 30.2 Å². The molecule has 40 heavy (non-hydrogen) atoms. The van der Waals surface area contributed by atoms with Crippen molar-refractivity contribution in [1.82, 2.24) is 15.1 Å². The van der Waals surface area contributed by atoms with Crippen LogP contribution >= 0.6 is 0 Å². The zero-order valence-electron chi connectivity index (χ0n) is 24.0. The second-order valence-electron chi connectivity index (χ2n) is 11.7. The van der Waals surface area contributed by atoms with Gasteiger partial charge in [0.2, 0.25) is 11.8 Å². The second-order valence-corrected chi connectivity index (χ2v) is 13.9. The van der Waals surface area contributed by atoms with E-state index >= 15 is 0 Å². The van der Waals surface area contributed by atoms with Crippen LogP contribution in [0.1, 0.15) is 63.1 Å². The van der Waals surface area contributed by atoms with Crippen molar-refractivity contribution >= 4 is 21.7 Å². The van der Waals surface area contributed by atoms with E-state index in [1.807, 2.05) is 38.1 Å². The topological polar surface area (TPSA) is 86.8 Å². The van der Waals surface area contributed by atoms with Crippen molar-refractivity contribution in [3.63, 3.8) is 0 Å². The number of piperazine rings is 1. The van der Waals surface area contributed by atoms with E-state index in [1.165, 1.54) is 11.1 Å². The van der Waals surface area contributed by atoms with E-state index in [9.17, 15) is 18.0 Å². The van der Waals surface area contributed by atoms with Gasteiger partial charge in [-0.05, 0) is 79.9 Å². The van der Waals surface area contributed by atoms with Crippen molar-refractivity contribution in [2.24, 2.45) is 11.8 Å². The summed E-state index contributed by atoms with van der Waals surface area (Å²) < 4.78 is 27.8. The molecule has 5 rings (SSSR count). The fourth-order valence-corrected chi connectivity index (χ4v) is 9.05. The standard InChI is InChI=1S/C32H43N3O4S/c1-4-22(5-2)30-31(36)33-29(26-19-23-11-7-8-12-24(23)20-26)32(37)35(30)21-25-13-9-10-14-28(25)40(38,39)27-15-17-34(6-3)18-16-27/h7-14,22,26-27,29-30H,4-6,15-21H2,1-3H3,(H,33,36)/t29-,30-/m1/s1. The molecule has 2 aliphatic heterocycles. The average Bonchev–Trinajstić information content (AvgIpc) is 3.41. The summed E-state index contributed by atoms with van der Waals surface area (Å²) >= 11 is 0. The molecule has 216 valence electrons. The molecule has 2 fully saturated rings. The van der Waals surface area contributed by atoms with Crippen molar-refractivity contribution in [3.8, 4) is 0 Å². The highest BCUT2D eigenvalue weighted by Gasteiger charge is 2.47. The number of benzene rings is 2. The molecule has 0 unspecified atom stereocenters. The summed E-state index contributed by atoms with van der Waals surface area (Å²) in [5.41, 5.74) is 3.07. The molecule has 0 radical (unpaired) electrons. The predicted molar refractivity (Wildman–Crippen MR) is 156 cm³/mol. The van der Waals surface area contributed by atoms with Gasteiger partial charge in [-0.15, -0.1) is 0 Å². The van der Waals surface area contributed by atoms with Crippen molar-refractivity contribution in [2.45, 2.75) is 88.1 Å². The number of nitrogens with zero attached hydrogens (tertiary/aromatic N) is 2. The monoisotopic (exact) mass is 565 g/mol. The van der Waals surface area contributed by atoms with Gasteiger partial charge in [0.15, 0.2) is 9.84 Å². The maximum absolute atomic E-state index is 14.2. The van der Waals surface area contributed by atoms with Crippen molar-refractivity contribution < 1.29 is 18.0 Å². The number of sulfone groups is 1. The Bertz CT molecular complexity index is 1310. The van der Waals surface area contributed by atoms with Crippen LogP contribution in [0.25, 0.3) is 0 Å². The van der Waals surface area contributed by atoms with Gasteiger partial charge in [-0.2, -0.15) is 0 Å². The highest BCUT2D eigenvalue weighted by atomic mass is 32.2.